The SMILES string of the molecule is OC[C@H]1O[C@@](CO)(OC[C@@]2(OC[C@@]3(OC[C@H]4O[C@H](O[C@]5(CO)O[C@H](CO)[C@@H](O)[C@@H]5O)[C@H](O)[C@@H](O)[C@@H]4O)O[C@H](CO)[C@@H](O)[C@@H]3O)O[C@H](CO)[C@@H](O)[C@@H]2O)[C@@H](O)[C@@H]1O. The van der Waals surface area contributed by atoms with E-state index in [1.165, 1.54) is 0 Å². The molecule has 0 aliphatic carbocycles. The number of aliphatic hydroxyl groups is 17. The number of ether oxygens (including phenoxy) is 9. The maximum atomic E-state index is 11.2. The first-order valence-corrected chi connectivity index (χ1v) is 17.5. The molecule has 5 rings (SSSR count). The molecule has 5 aliphatic rings. The van der Waals surface area contributed by atoms with Gasteiger partial charge in [-0.2, -0.15) is 0 Å². The summed E-state index contributed by atoms with van der Waals surface area (Å²) in [5, 5.41) is 176. The summed E-state index contributed by atoms with van der Waals surface area (Å²) in [6.07, 6.45) is -32.2. The van der Waals surface area contributed by atoms with Gasteiger partial charge in [-0.3, -0.25) is 0 Å². The van der Waals surface area contributed by atoms with Crippen molar-refractivity contribution in [2.24, 2.45) is 0 Å². The van der Waals surface area contributed by atoms with Crippen LogP contribution < -0.4 is 0 Å². The van der Waals surface area contributed by atoms with Gasteiger partial charge in [0.2, 0.25) is 23.1 Å². The van der Waals surface area contributed by atoms with E-state index in [0.717, 1.165) is 0 Å². The molecule has 26 heteroatoms. The summed E-state index contributed by atoms with van der Waals surface area (Å²) in [5.41, 5.74) is 0. The van der Waals surface area contributed by atoms with E-state index in [1.807, 2.05) is 0 Å². The molecule has 0 amide bonds. The third-order valence-corrected chi connectivity index (χ3v) is 10.7. The Balaban J connectivity index is 1.39. The highest BCUT2D eigenvalue weighted by molar-refractivity contribution is 5.03. The monoisotopic (exact) mass is 828 g/mol. The lowest BCUT2D eigenvalue weighted by Crippen LogP contribution is -2.63. The Hall–Kier alpha value is -1.04. The van der Waals surface area contributed by atoms with Crippen LogP contribution in [-0.4, -0.2) is 273 Å². The first-order valence-electron chi connectivity index (χ1n) is 17.5. The van der Waals surface area contributed by atoms with Crippen LogP contribution in [0.15, 0.2) is 0 Å². The van der Waals surface area contributed by atoms with Crippen molar-refractivity contribution in [2.75, 3.05) is 59.5 Å². The normalized spacial score (nSPS) is 52.3. The van der Waals surface area contributed by atoms with Gasteiger partial charge < -0.3 is 129 Å². The van der Waals surface area contributed by atoms with Crippen molar-refractivity contribution >= 4 is 0 Å². The summed E-state index contributed by atoms with van der Waals surface area (Å²) in [5.74, 6) is -10.4. The minimum absolute atomic E-state index is 0.841. The molecule has 0 bridgehead atoms. The molecule has 5 aliphatic heterocycles. The quantitative estimate of drug-likeness (QED) is 0.0647. The molecule has 5 fully saturated rings. The summed E-state index contributed by atoms with van der Waals surface area (Å²) in [6.45, 7) is -9.20. The van der Waals surface area contributed by atoms with Crippen molar-refractivity contribution in [3.05, 3.63) is 0 Å². The second-order valence-corrected chi connectivity index (χ2v) is 14.2. The van der Waals surface area contributed by atoms with E-state index in [0.29, 0.717) is 0 Å². The van der Waals surface area contributed by atoms with Crippen molar-refractivity contribution in [1.29, 1.82) is 0 Å². The van der Waals surface area contributed by atoms with Crippen molar-refractivity contribution in [2.45, 2.75) is 127 Å². The summed E-state index contributed by atoms with van der Waals surface area (Å²) in [4.78, 5) is 0. The topological polar surface area (TPSA) is 427 Å². The fraction of sp³-hybridized carbons (Fsp3) is 1.00. The fourth-order valence-corrected chi connectivity index (χ4v) is 7.16. The molecule has 0 aromatic carbocycles. The highest BCUT2D eigenvalue weighted by atomic mass is 16.8. The molecule has 0 unspecified atom stereocenters. The molecule has 0 saturated carbocycles. The van der Waals surface area contributed by atoms with E-state index in [2.05, 4.69) is 0 Å². The molecule has 5 saturated heterocycles. The third-order valence-electron chi connectivity index (χ3n) is 10.7. The van der Waals surface area contributed by atoms with Crippen LogP contribution in [0.5, 0.6) is 0 Å². The number of rotatable bonds is 17. The van der Waals surface area contributed by atoms with Crippen LogP contribution in [0.3, 0.4) is 0 Å². The highest BCUT2D eigenvalue weighted by Gasteiger charge is 2.64. The summed E-state index contributed by atoms with van der Waals surface area (Å²) in [6, 6.07) is 0. The zero-order valence-electron chi connectivity index (χ0n) is 29.5. The number of aliphatic hydroxyl groups excluding tert-OH is 17. The predicted molar refractivity (Wildman–Crippen MR) is 167 cm³/mol. The second-order valence-electron chi connectivity index (χ2n) is 14.2. The van der Waals surface area contributed by atoms with E-state index < -0.39 is 187 Å². The molecule has 21 atom stereocenters. The van der Waals surface area contributed by atoms with Gasteiger partial charge >= 0.3 is 0 Å². The van der Waals surface area contributed by atoms with E-state index in [4.69, 9.17) is 42.6 Å². The first-order chi connectivity index (χ1) is 26.4. The van der Waals surface area contributed by atoms with Crippen LogP contribution in [0.25, 0.3) is 0 Å². The summed E-state index contributed by atoms with van der Waals surface area (Å²) >= 11 is 0. The summed E-state index contributed by atoms with van der Waals surface area (Å²) in [7, 11) is 0. The van der Waals surface area contributed by atoms with Gasteiger partial charge in [0.1, 0.15) is 124 Å². The van der Waals surface area contributed by atoms with Gasteiger partial charge in [-0.25, -0.2) is 0 Å². The van der Waals surface area contributed by atoms with Gasteiger partial charge in [0.25, 0.3) is 0 Å². The largest absolute Gasteiger partial charge is 0.394 e. The average Bonchev–Trinajstić information content (AvgIpc) is 3.80. The van der Waals surface area contributed by atoms with Gasteiger partial charge in [-0.05, 0) is 0 Å². The number of hydrogen-bond donors (Lipinski definition) is 17. The zero-order valence-corrected chi connectivity index (χ0v) is 29.5. The van der Waals surface area contributed by atoms with Crippen molar-refractivity contribution in [3.8, 4) is 0 Å². The zero-order chi connectivity index (χ0) is 41.5. The van der Waals surface area contributed by atoms with Crippen molar-refractivity contribution in [3.63, 3.8) is 0 Å². The molecule has 0 radical (unpaired) electrons. The molecule has 56 heavy (non-hydrogen) atoms. The Morgan fingerprint density at radius 2 is 0.732 bits per heavy atom. The lowest BCUT2D eigenvalue weighted by Gasteiger charge is -2.44. The Kier molecular flexibility index (Phi) is 14.7. The Labute approximate surface area is 316 Å². The molecule has 5 heterocycles. The van der Waals surface area contributed by atoms with Crippen molar-refractivity contribution < 1.29 is 129 Å². The Morgan fingerprint density at radius 3 is 1.14 bits per heavy atom. The molecular weight excluding hydrogens is 776 g/mol. The van der Waals surface area contributed by atoms with Gasteiger partial charge in [-0.1, -0.05) is 0 Å². The van der Waals surface area contributed by atoms with Crippen LogP contribution >= 0.6 is 0 Å². The maximum Gasteiger partial charge on any atom is 0.224 e. The lowest BCUT2D eigenvalue weighted by molar-refractivity contribution is -0.392. The predicted octanol–water partition coefficient (Wildman–Crippen LogP) is -11.9. The van der Waals surface area contributed by atoms with E-state index >= 15 is 0 Å². The molecule has 17 N–H and O–H groups in total. The van der Waals surface area contributed by atoms with Crippen molar-refractivity contribution in [1.82, 2.24) is 0 Å². The average molecular weight is 829 g/mol. The molecule has 328 valence electrons. The molecule has 0 aromatic heterocycles. The van der Waals surface area contributed by atoms with Gasteiger partial charge in [0.15, 0.2) is 6.29 Å². The Morgan fingerprint density at radius 1 is 0.375 bits per heavy atom. The smallest absolute Gasteiger partial charge is 0.224 e. The van der Waals surface area contributed by atoms with Gasteiger partial charge in [0, 0.05) is 0 Å². The lowest BCUT2D eigenvalue weighted by atomic mass is 9.98. The van der Waals surface area contributed by atoms with E-state index in [9.17, 15) is 86.8 Å². The molecular formula is C30H52O26. The van der Waals surface area contributed by atoms with Crippen LogP contribution in [0.2, 0.25) is 0 Å². The molecule has 0 aromatic rings. The highest BCUT2D eigenvalue weighted by Crippen LogP contribution is 2.42. The van der Waals surface area contributed by atoms with E-state index in [1.54, 1.807) is 0 Å². The fourth-order valence-electron chi connectivity index (χ4n) is 7.16. The second kappa shape index (κ2) is 17.9. The minimum atomic E-state index is -2.67. The standard InChI is InChI=1S/C30H52O26/c31-1-10-16(38)22(44)27(6-35,52-10)49-9-30(25(47)19(41)13(4-34)55-30)50-8-29(24(46)18(40)12(3-33)54-29)48-5-14-15(37)20(42)21(43)26(51-14)56-28(7-36)23(45)17(39)11(2-32)53-28/h10-26,31-47H,1-9H2/t10-,11-,12-,13-,14-,15-,16-,17-,18-,19-,20+,21-,22+,23+,24+,25+,26-,27-,28+,29-,30-/m1/s1. The third kappa shape index (κ3) is 7.97. The minimum Gasteiger partial charge on any atom is -0.394 e. The van der Waals surface area contributed by atoms with Crippen LogP contribution in [0.4, 0.5) is 0 Å². The van der Waals surface area contributed by atoms with Gasteiger partial charge in [0.05, 0.1) is 33.0 Å². The number of hydrogen-bond acceptors (Lipinski definition) is 26. The Bertz CT molecular complexity index is 1270. The van der Waals surface area contributed by atoms with Crippen LogP contribution in [0, 0.1) is 0 Å². The van der Waals surface area contributed by atoms with Crippen LogP contribution in [0.1, 0.15) is 0 Å². The maximum absolute atomic E-state index is 11.2. The summed E-state index contributed by atoms with van der Waals surface area (Å²) < 4.78 is 50.1. The molecule has 26 nitrogen and oxygen atoms in total. The van der Waals surface area contributed by atoms with Gasteiger partial charge in [-0.15, -0.1) is 0 Å². The molecule has 0 spiro atoms. The van der Waals surface area contributed by atoms with Crippen LogP contribution in [-0.2, 0) is 42.6 Å². The first kappa shape index (κ1) is 46.0. The van der Waals surface area contributed by atoms with E-state index in [-0.39, 0.29) is 0 Å².